The van der Waals surface area contributed by atoms with Gasteiger partial charge < -0.3 is 9.47 Å². The zero-order valence-electron chi connectivity index (χ0n) is 22.6. The van der Waals surface area contributed by atoms with Gasteiger partial charge in [-0.25, -0.2) is 0 Å². The lowest BCUT2D eigenvalue weighted by Gasteiger charge is -2.21. The molecule has 0 heterocycles. The van der Waals surface area contributed by atoms with Crippen molar-refractivity contribution in [2.75, 3.05) is 20.4 Å². The monoisotopic (exact) mass is 516 g/mol. The van der Waals surface area contributed by atoms with Crippen molar-refractivity contribution in [1.82, 2.24) is 0 Å². The standard InChI is InChI=1S/C17H21OP.C15H17OP/c1-5-19(15-9-7-6-8-10-15)16-12-13(2)11-14(3)17(16)18-4;1-11-9-12(2)15(16-3)14(10-11)17-13-7-5-4-6-8-13/h6-12H,5H2,1-4H3;4-10,17H,1-3H3/t19-;/m1./s1. The third kappa shape index (κ3) is 7.19. The fourth-order valence-corrected chi connectivity index (χ4v) is 8.26. The molecule has 4 aromatic rings. The second-order valence-corrected chi connectivity index (χ2v) is 12.7. The van der Waals surface area contributed by atoms with E-state index in [4.69, 9.17) is 9.47 Å². The Morgan fingerprint density at radius 3 is 1.75 bits per heavy atom. The first-order valence-corrected chi connectivity index (χ1v) is 14.9. The van der Waals surface area contributed by atoms with Crippen molar-refractivity contribution in [3.63, 3.8) is 0 Å². The van der Waals surface area contributed by atoms with Crippen LogP contribution in [-0.4, -0.2) is 20.4 Å². The molecule has 2 atom stereocenters. The largest absolute Gasteiger partial charge is 0.496 e. The quantitative estimate of drug-likeness (QED) is 0.254. The lowest BCUT2D eigenvalue weighted by Crippen LogP contribution is -2.16. The maximum absolute atomic E-state index is 5.65. The molecule has 36 heavy (non-hydrogen) atoms. The van der Waals surface area contributed by atoms with E-state index < -0.39 is 0 Å². The summed E-state index contributed by atoms with van der Waals surface area (Å²) in [4.78, 5) is 0. The van der Waals surface area contributed by atoms with Gasteiger partial charge in [0.2, 0.25) is 0 Å². The van der Waals surface area contributed by atoms with Gasteiger partial charge in [0, 0.05) is 10.6 Å². The molecule has 0 saturated carbocycles. The third-order valence-electron chi connectivity index (χ3n) is 5.95. The summed E-state index contributed by atoms with van der Waals surface area (Å²) in [7, 11) is 3.84. The first kappa shape index (κ1) is 27.9. The molecule has 4 aromatic carbocycles. The first-order chi connectivity index (χ1) is 17.4. The van der Waals surface area contributed by atoms with Gasteiger partial charge >= 0.3 is 0 Å². The molecule has 0 spiro atoms. The molecule has 4 heteroatoms. The van der Waals surface area contributed by atoms with Crippen LogP contribution in [-0.2, 0) is 0 Å². The number of methoxy groups -OCH3 is 2. The summed E-state index contributed by atoms with van der Waals surface area (Å²) in [6.07, 6.45) is 1.14. The summed E-state index contributed by atoms with van der Waals surface area (Å²) in [5.74, 6) is 2.08. The highest BCUT2D eigenvalue weighted by Gasteiger charge is 2.18. The maximum Gasteiger partial charge on any atom is 0.129 e. The van der Waals surface area contributed by atoms with E-state index in [9.17, 15) is 0 Å². The Bertz CT molecular complexity index is 1250. The molecule has 0 aliphatic rings. The predicted molar refractivity (Wildman–Crippen MR) is 162 cm³/mol. The van der Waals surface area contributed by atoms with Crippen molar-refractivity contribution in [2.45, 2.75) is 34.6 Å². The lowest BCUT2D eigenvalue weighted by atomic mass is 10.1. The van der Waals surface area contributed by atoms with Crippen molar-refractivity contribution < 1.29 is 9.47 Å². The van der Waals surface area contributed by atoms with E-state index in [0.29, 0.717) is 8.58 Å². The van der Waals surface area contributed by atoms with Gasteiger partial charge in [-0.3, -0.25) is 0 Å². The fourth-order valence-electron chi connectivity index (χ4n) is 4.49. The van der Waals surface area contributed by atoms with Gasteiger partial charge in [0.15, 0.2) is 0 Å². The molecule has 0 fully saturated rings. The van der Waals surface area contributed by atoms with E-state index >= 15 is 0 Å². The van der Waals surface area contributed by atoms with Crippen LogP contribution in [0.3, 0.4) is 0 Å². The van der Waals surface area contributed by atoms with Gasteiger partial charge in [0.05, 0.1) is 14.2 Å². The molecule has 1 unspecified atom stereocenters. The summed E-state index contributed by atoms with van der Waals surface area (Å²) >= 11 is 0. The Hall–Kier alpha value is -2.66. The van der Waals surface area contributed by atoms with E-state index in [2.05, 4.69) is 113 Å². The first-order valence-electron chi connectivity index (χ1n) is 12.3. The molecular formula is C32H38O2P2. The van der Waals surface area contributed by atoms with E-state index in [1.807, 2.05) is 6.07 Å². The SMILES string of the molecule is CC[P@](c1ccccc1)c1cc(C)cc(C)c1OC.COc1c(C)cc(C)cc1Pc1ccccc1. The third-order valence-corrected chi connectivity index (χ3v) is 9.68. The Balaban J connectivity index is 0.000000202. The Morgan fingerprint density at radius 2 is 1.19 bits per heavy atom. The number of ether oxygens (including phenoxy) is 2. The zero-order valence-corrected chi connectivity index (χ0v) is 24.4. The smallest absolute Gasteiger partial charge is 0.129 e. The number of hydrogen-bond acceptors (Lipinski definition) is 2. The predicted octanol–water partition coefficient (Wildman–Crippen LogP) is 6.71. The molecule has 0 aliphatic heterocycles. The minimum atomic E-state index is -0.333. The highest BCUT2D eigenvalue weighted by molar-refractivity contribution is 7.73. The second-order valence-electron chi connectivity index (χ2n) is 8.87. The average Bonchev–Trinajstić information content (AvgIpc) is 2.86. The van der Waals surface area contributed by atoms with Gasteiger partial charge in [-0.1, -0.05) is 88.3 Å². The van der Waals surface area contributed by atoms with Gasteiger partial charge in [0.25, 0.3) is 0 Å². The van der Waals surface area contributed by atoms with Crippen molar-refractivity contribution in [1.29, 1.82) is 0 Å². The Morgan fingerprint density at radius 1 is 0.667 bits per heavy atom. The lowest BCUT2D eigenvalue weighted by molar-refractivity contribution is 0.415. The van der Waals surface area contributed by atoms with E-state index in [0.717, 1.165) is 17.7 Å². The Kier molecular flexibility index (Phi) is 10.5. The highest BCUT2D eigenvalue weighted by atomic mass is 31.1. The Labute approximate surface area is 220 Å². The van der Waals surface area contributed by atoms with Crippen LogP contribution in [0.1, 0.15) is 29.2 Å². The summed E-state index contributed by atoms with van der Waals surface area (Å²) in [6.45, 7) is 10.8. The van der Waals surface area contributed by atoms with Crippen LogP contribution in [0.5, 0.6) is 11.5 Å². The van der Waals surface area contributed by atoms with E-state index in [-0.39, 0.29) is 7.92 Å². The van der Waals surface area contributed by atoms with Crippen LogP contribution >= 0.6 is 16.5 Å². The zero-order chi connectivity index (χ0) is 26.1. The fraction of sp³-hybridized carbons (Fsp3) is 0.250. The van der Waals surface area contributed by atoms with Crippen LogP contribution in [0.4, 0.5) is 0 Å². The van der Waals surface area contributed by atoms with Gasteiger partial charge in [-0.15, -0.1) is 0 Å². The van der Waals surface area contributed by atoms with Crippen molar-refractivity contribution >= 4 is 37.7 Å². The molecule has 4 rings (SSSR count). The minimum absolute atomic E-state index is 0.333. The van der Waals surface area contributed by atoms with Crippen LogP contribution < -0.4 is 30.7 Å². The number of benzene rings is 4. The molecular weight excluding hydrogens is 478 g/mol. The second kappa shape index (κ2) is 13.6. The summed E-state index contributed by atoms with van der Waals surface area (Å²) in [5.41, 5.74) is 5.05. The molecule has 0 saturated heterocycles. The summed E-state index contributed by atoms with van der Waals surface area (Å²) in [5, 5.41) is 5.42. The normalized spacial score (nSPS) is 11.6. The average molecular weight is 517 g/mol. The maximum atomic E-state index is 5.65. The molecule has 0 aromatic heterocycles. The van der Waals surface area contributed by atoms with Crippen molar-refractivity contribution in [3.8, 4) is 11.5 Å². The van der Waals surface area contributed by atoms with Gasteiger partial charge in [-0.2, -0.15) is 0 Å². The van der Waals surface area contributed by atoms with E-state index in [1.165, 1.54) is 43.5 Å². The number of hydrogen-bond donors (Lipinski definition) is 0. The van der Waals surface area contributed by atoms with E-state index in [1.54, 1.807) is 14.2 Å². The van der Waals surface area contributed by atoms with Gasteiger partial charge in [0.1, 0.15) is 11.5 Å². The minimum Gasteiger partial charge on any atom is -0.496 e. The van der Waals surface area contributed by atoms with Gasteiger partial charge in [-0.05, 0) is 86.8 Å². The molecule has 0 radical (unpaired) electrons. The molecule has 0 aliphatic carbocycles. The van der Waals surface area contributed by atoms with Crippen molar-refractivity contribution in [2.24, 2.45) is 0 Å². The molecule has 0 bridgehead atoms. The molecule has 0 N–H and O–H groups in total. The van der Waals surface area contributed by atoms with Crippen LogP contribution in [0.25, 0.3) is 0 Å². The highest BCUT2D eigenvalue weighted by Crippen LogP contribution is 2.38. The summed E-state index contributed by atoms with van der Waals surface area (Å²) < 4.78 is 11.2. The number of aryl methyl sites for hydroxylation is 4. The molecule has 0 amide bonds. The topological polar surface area (TPSA) is 18.5 Å². The number of rotatable bonds is 7. The molecule has 2 nitrogen and oxygen atoms in total. The van der Waals surface area contributed by atoms with Crippen LogP contribution in [0.15, 0.2) is 84.9 Å². The van der Waals surface area contributed by atoms with Crippen molar-refractivity contribution in [3.05, 3.63) is 107 Å². The van der Waals surface area contributed by atoms with Crippen LogP contribution in [0, 0.1) is 27.7 Å². The van der Waals surface area contributed by atoms with Crippen LogP contribution in [0.2, 0.25) is 0 Å². The summed E-state index contributed by atoms with van der Waals surface area (Å²) in [6, 6.07) is 30.2. The molecule has 188 valence electrons.